The number of hydrogen-bond donors (Lipinski definition) is 1. The first kappa shape index (κ1) is 20.6. The molecule has 1 aromatic heterocycles. The van der Waals surface area contributed by atoms with Crippen molar-refractivity contribution < 1.29 is 14.1 Å². The monoisotopic (exact) mass is 391 g/mol. The maximum atomic E-state index is 13.2. The molecule has 2 heterocycles. The van der Waals surface area contributed by atoms with Crippen LogP contribution in [0.15, 0.2) is 4.52 Å². The van der Waals surface area contributed by atoms with E-state index in [4.69, 9.17) is 4.52 Å². The van der Waals surface area contributed by atoms with Crippen molar-refractivity contribution in [3.63, 3.8) is 0 Å². The molecular formula is C20H33N5O3. The molecule has 3 rings (SSSR count). The lowest BCUT2D eigenvalue weighted by atomic mass is 10.0. The molecule has 1 aliphatic carbocycles. The van der Waals surface area contributed by atoms with Crippen LogP contribution in [-0.2, 0) is 4.79 Å². The van der Waals surface area contributed by atoms with E-state index in [1.54, 1.807) is 11.8 Å². The van der Waals surface area contributed by atoms with Crippen molar-refractivity contribution in [1.82, 2.24) is 25.3 Å². The molecule has 0 spiro atoms. The molecule has 28 heavy (non-hydrogen) atoms. The Balaban J connectivity index is 1.70. The normalized spacial score (nSPS) is 21.2. The van der Waals surface area contributed by atoms with Crippen molar-refractivity contribution in [2.45, 2.75) is 65.3 Å². The maximum absolute atomic E-state index is 13.2. The van der Waals surface area contributed by atoms with Crippen LogP contribution in [0.25, 0.3) is 0 Å². The minimum atomic E-state index is -0.261. The molecule has 8 heteroatoms. The van der Waals surface area contributed by atoms with E-state index in [1.165, 1.54) is 0 Å². The van der Waals surface area contributed by atoms with Gasteiger partial charge in [-0.1, -0.05) is 31.8 Å². The standard InChI is InChI=1S/C20H33N5O3/c1-14(2)8-10-21-20(27)24-11-9-17(18-22-15(3)23-28-18)25(13-12-24)19(26)16-6-4-5-7-16/h14,16-17H,4-13H2,1-3H3,(H,21,27). The Morgan fingerprint density at radius 2 is 1.93 bits per heavy atom. The fourth-order valence-electron chi connectivity index (χ4n) is 4.09. The number of aryl methyl sites for hydroxylation is 1. The summed E-state index contributed by atoms with van der Waals surface area (Å²) in [5.41, 5.74) is 0. The van der Waals surface area contributed by atoms with Crippen LogP contribution >= 0.6 is 0 Å². The highest BCUT2D eigenvalue weighted by Gasteiger charge is 2.37. The molecule has 3 amide bonds. The van der Waals surface area contributed by atoms with Crippen LogP contribution in [0.1, 0.15) is 70.1 Å². The van der Waals surface area contributed by atoms with Gasteiger partial charge in [-0.2, -0.15) is 4.98 Å². The van der Waals surface area contributed by atoms with E-state index in [-0.39, 0.29) is 23.9 Å². The number of carbonyl (C=O) groups excluding carboxylic acids is 2. The van der Waals surface area contributed by atoms with Gasteiger partial charge in [0.05, 0.1) is 0 Å². The lowest BCUT2D eigenvalue weighted by Crippen LogP contribution is -2.44. The number of aromatic nitrogens is 2. The molecule has 1 N–H and O–H groups in total. The Hall–Kier alpha value is -2.12. The molecule has 0 radical (unpaired) electrons. The fraction of sp³-hybridized carbons (Fsp3) is 0.800. The van der Waals surface area contributed by atoms with Gasteiger partial charge >= 0.3 is 6.03 Å². The Morgan fingerprint density at radius 1 is 1.18 bits per heavy atom. The third-order valence-corrected chi connectivity index (χ3v) is 5.76. The van der Waals surface area contributed by atoms with E-state index in [0.29, 0.717) is 50.2 Å². The summed E-state index contributed by atoms with van der Waals surface area (Å²) in [6.07, 6.45) is 5.68. The van der Waals surface area contributed by atoms with E-state index < -0.39 is 0 Å². The molecule has 156 valence electrons. The molecule has 1 saturated carbocycles. The van der Waals surface area contributed by atoms with Gasteiger partial charge in [-0.15, -0.1) is 0 Å². The highest BCUT2D eigenvalue weighted by atomic mass is 16.5. The zero-order chi connectivity index (χ0) is 20.1. The Morgan fingerprint density at radius 3 is 2.57 bits per heavy atom. The topological polar surface area (TPSA) is 91.6 Å². The van der Waals surface area contributed by atoms with Gasteiger partial charge in [-0.25, -0.2) is 4.79 Å². The van der Waals surface area contributed by atoms with Crippen LogP contribution in [0, 0.1) is 18.8 Å². The van der Waals surface area contributed by atoms with E-state index in [1.807, 2.05) is 4.90 Å². The maximum Gasteiger partial charge on any atom is 0.317 e. The van der Waals surface area contributed by atoms with Gasteiger partial charge < -0.3 is 19.6 Å². The van der Waals surface area contributed by atoms with Gasteiger partial charge in [0.2, 0.25) is 11.8 Å². The van der Waals surface area contributed by atoms with Crippen LogP contribution < -0.4 is 5.32 Å². The van der Waals surface area contributed by atoms with Gasteiger partial charge in [-0.05, 0) is 38.5 Å². The molecule has 1 atom stereocenters. The first-order valence-electron chi connectivity index (χ1n) is 10.6. The Labute approximate surface area is 167 Å². The van der Waals surface area contributed by atoms with Gasteiger partial charge in [0.1, 0.15) is 6.04 Å². The number of urea groups is 1. The minimum absolute atomic E-state index is 0.0590. The number of amides is 3. The van der Waals surface area contributed by atoms with E-state index >= 15 is 0 Å². The highest BCUT2D eigenvalue weighted by molar-refractivity contribution is 5.80. The summed E-state index contributed by atoms with van der Waals surface area (Å²) in [4.78, 5) is 33.8. The van der Waals surface area contributed by atoms with Gasteiger partial charge in [0, 0.05) is 32.1 Å². The first-order valence-corrected chi connectivity index (χ1v) is 10.6. The van der Waals surface area contributed by atoms with Gasteiger partial charge in [0.25, 0.3) is 0 Å². The first-order chi connectivity index (χ1) is 13.5. The number of nitrogens with zero attached hydrogens (tertiary/aromatic N) is 4. The van der Waals surface area contributed by atoms with Crippen LogP contribution in [0.2, 0.25) is 0 Å². The van der Waals surface area contributed by atoms with Crippen molar-refractivity contribution >= 4 is 11.9 Å². The van der Waals surface area contributed by atoms with Crippen LogP contribution in [-0.4, -0.2) is 58.1 Å². The zero-order valence-corrected chi connectivity index (χ0v) is 17.3. The van der Waals surface area contributed by atoms with Crippen molar-refractivity contribution in [3.8, 4) is 0 Å². The van der Waals surface area contributed by atoms with Crippen LogP contribution in [0.4, 0.5) is 4.79 Å². The van der Waals surface area contributed by atoms with Crippen LogP contribution in [0.3, 0.4) is 0 Å². The molecule has 0 bridgehead atoms. The summed E-state index contributed by atoms with van der Waals surface area (Å²) >= 11 is 0. The molecule has 1 unspecified atom stereocenters. The average molecular weight is 392 g/mol. The summed E-state index contributed by atoms with van der Waals surface area (Å²) in [6.45, 7) is 8.32. The molecule has 2 aliphatic rings. The largest absolute Gasteiger partial charge is 0.338 e. The van der Waals surface area contributed by atoms with Crippen molar-refractivity contribution in [2.75, 3.05) is 26.2 Å². The molecule has 2 fully saturated rings. The predicted octanol–water partition coefficient (Wildman–Crippen LogP) is 2.90. The SMILES string of the molecule is Cc1noc(C2CCN(C(=O)NCCC(C)C)CCN2C(=O)C2CCCC2)n1. The second-order valence-electron chi connectivity index (χ2n) is 8.40. The Kier molecular flexibility index (Phi) is 6.91. The molecular weight excluding hydrogens is 358 g/mol. The second kappa shape index (κ2) is 9.39. The zero-order valence-electron chi connectivity index (χ0n) is 17.3. The molecule has 1 aromatic rings. The minimum Gasteiger partial charge on any atom is -0.338 e. The number of nitrogens with one attached hydrogen (secondary N) is 1. The number of carbonyl (C=O) groups is 2. The quantitative estimate of drug-likeness (QED) is 0.833. The smallest absolute Gasteiger partial charge is 0.317 e. The van der Waals surface area contributed by atoms with Gasteiger partial charge in [0.15, 0.2) is 5.82 Å². The number of rotatable bonds is 5. The third kappa shape index (κ3) is 5.02. The molecule has 1 aliphatic heterocycles. The summed E-state index contributed by atoms with van der Waals surface area (Å²) in [6, 6.07) is -0.320. The summed E-state index contributed by atoms with van der Waals surface area (Å²) in [5, 5.41) is 6.91. The third-order valence-electron chi connectivity index (χ3n) is 5.76. The Bertz CT molecular complexity index is 669. The lowest BCUT2D eigenvalue weighted by Gasteiger charge is -2.29. The average Bonchev–Trinajstić information content (AvgIpc) is 3.28. The predicted molar refractivity (Wildman–Crippen MR) is 104 cm³/mol. The van der Waals surface area contributed by atoms with E-state index in [2.05, 4.69) is 29.3 Å². The van der Waals surface area contributed by atoms with Crippen LogP contribution in [0.5, 0.6) is 0 Å². The highest BCUT2D eigenvalue weighted by Crippen LogP contribution is 2.32. The summed E-state index contributed by atoms with van der Waals surface area (Å²) < 4.78 is 5.42. The molecule has 8 nitrogen and oxygen atoms in total. The summed E-state index contributed by atoms with van der Waals surface area (Å²) in [5.74, 6) is 1.84. The lowest BCUT2D eigenvalue weighted by molar-refractivity contribution is -0.138. The summed E-state index contributed by atoms with van der Waals surface area (Å²) in [7, 11) is 0. The van der Waals surface area contributed by atoms with E-state index in [0.717, 1.165) is 32.1 Å². The molecule has 1 saturated heterocycles. The van der Waals surface area contributed by atoms with Crippen molar-refractivity contribution in [1.29, 1.82) is 0 Å². The molecule has 0 aromatic carbocycles. The fourth-order valence-corrected chi connectivity index (χ4v) is 4.09. The van der Waals surface area contributed by atoms with Crippen molar-refractivity contribution in [3.05, 3.63) is 11.7 Å². The second-order valence-corrected chi connectivity index (χ2v) is 8.40. The number of hydrogen-bond acceptors (Lipinski definition) is 5. The van der Waals surface area contributed by atoms with Gasteiger partial charge in [-0.3, -0.25) is 4.79 Å². The van der Waals surface area contributed by atoms with E-state index in [9.17, 15) is 9.59 Å². The van der Waals surface area contributed by atoms with Crippen molar-refractivity contribution in [2.24, 2.45) is 11.8 Å².